The van der Waals surface area contributed by atoms with Gasteiger partial charge in [-0.1, -0.05) is 0 Å². The van der Waals surface area contributed by atoms with Gasteiger partial charge >= 0.3 is 0 Å². The number of hydrogen-bond donors (Lipinski definition) is 1. The molecule has 2 aromatic heterocycles. The minimum absolute atomic E-state index is 0.101. The molecule has 1 aromatic carbocycles. The van der Waals surface area contributed by atoms with E-state index in [1.165, 1.54) is 10.4 Å². The Hall–Kier alpha value is -2.59. The summed E-state index contributed by atoms with van der Waals surface area (Å²) in [5, 5.41) is 18.6. The lowest BCUT2D eigenvalue weighted by Gasteiger charge is -2.11. The number of aromatic nitrogens is 3. The molecule has 0 spiro atoms. The third kappa shape index (κ3) is 5.22. The van der Waals surface area contributed by atoms with Crippen LogP contribution in [0.1, 0.15) is 52.6 Å². The number of aliphatic hydroxyl groups is 1. The number of benzene rings is 1. The summed E-state index contributed by atoms with van der Waals surface area (Å²) in [7, 11) is 0. The van der Waals surface area contributed by atoms with Crippen molar-refractivity contribution in [2.24, 2.45) is 4.99 Å². The summed E-state index contributed by atoms with van der Waals surface area (Å²) in [5.74, 6) is 2.54. The fourth-order valence-corrected chi connectivity index (χ4v) is 5.11. The van der Waals surface area contributed by atoms with Gasteiger partial charge in [0.15, 0.2) is 5.82 Å². The highest BCUT2D eigenvalue weighted by molar-refractivity contribution is 7.15. The van der Waals surface area contributed by atoms with Crippen molar-refractivity contribution in [1.29, 1.82) is 0 Å². The van der Waals surface area contributed by atoms with Crippen molar-refractivity contribution in [1.82, 2.24) is 14.8 Å². The molecule has 9 heteroatoms. The fourth-order valence-electron chi connectivity index (χ4n) is 3.90. The van der Waals surface area contributed by atoms with Gasteiger partial charge in [-0.2, -0.15) is 0 Å². The molecule has 0 aliphatic carbocycles. The SMILES string of the molecule is Cc1sc2c(c1C)C(c1ccc(OCCOCCOCCCO)cc1)=N[C@@H](C)c1nnc(C)n1-2. The minimum Gasteiger partial charge on any atom is -0.491 e. The van der Waals surface area contributed by atoms with Crippen LogP contribution in [0.4, 0.5) is 0 Å². The van der Waals surface area contributed by atoms with Crippen molar-refractivity contribution in [3.05, 3.63) is 57.5 Å². The van der Waals surface area contributed by atoms with Gasteiger partial charge in [0, 0.05) is 29.2 Å². The normalized spacial score (nSPS) is 15.0. The first-order valence-corrected chi connectivity index (χ1v) is 12.4. The number of thiophene rings is 1. The van der Waals surface area contributed by atoms with E-state index >= 15 is 0 Å². The molecule has 1 aliphatic heterocycles. The predicted molar refractivity (Wildman–Crippen MR) is 133 cm³/mol. The molecule has 3 aromatic rings. The first kappa shape index (κ1) is 24.5. The van der Waals surface area contributed by atoms with Crippen LogP contribution in [-0.2, 0) is 9.47 Å². The van der Waals surface area contributed by atoms with Gasteiger partial charge in [-0.3, -0.25) is 9.56 Å². The molecular formula is C25H32N4O4S. The van der Waals surface area contributed by atoms with Gasteiger partial charge in [0.1, 0.15) is 29.2 Å². The zero-order chi connectivity index (χ0) is 24.1. The largest absolute Gasteiger partial charge is 0.491 e. The third-order valence-corrected chi connectivity index (χ3v) is 6.99. The smallest absolute Gasteiger partial charge is 0.162 e. The molecule has 4 rings (SSSR count). The molecule has 1 N–H and O–H groups in total. The lowest BCUT2D eigenvalue weighted by atomic mass is 9.99. The number of hydrogen-bond acceptors (Lipinski definition) is 8. The first-order chi connectivity index (χ1) is 16.5. The second-order valence-electron chi connectivity index (χ2n) is 8.23. The minimum atomic E-state index is -0.101. The average molecular weight is 485 g/mol. The van der Waals surface area contributed by atoms with Crippen LogP contribution in [0.3, 0.4) is 0 Å². The summed E-state index contributed by atoms with van der Waals surface area (Å²) in [5.41, 5.74) is 4.42. The molecule has 182 valence electrons. The lowest BCUT2D eigenvalue weighted by molar-refractivity contribution is 0.0324. The zero-order valence-electron chi connectivity index (χ0n) is 20.2. The fraction of sp³-hybridized carbons (Fsp3) is 0.480. The van der Waals surface area contributed by atoms with Gasteiger partial charge in [-0.05, 0) is 63.9 Å². The number of ether oxygens (including phenoxy) is 3. The summed E-state index contributed by atoms with van der Waals surface area (Å²) >= 11 is 1.76. The quantitative estimate of drug-likeness (QED) is 0.414. The van der Waals surface area contributed by atoms with Crippen LogP contribution in [0.15, 0.2) is 29.3 Å². The highest BCUT2D eigenvalue weighted by Gasteiger charge is 2.29. The Morgan fingerprint density at radius 1 is 0.971 bits per heavy atom. The molecule has 3 heterocycles. The molecule has 1 aliphatic rings. The molecule has 1 atom stereocenters. The summed E-state index contributed by atoms with van der Waals surface area (Å²) in [4.78, 5) is 6.35. The van der Waals surface area contributed by atoms with E-state index in [4.69, 9.17) is 24.3 Å². The summed E-state index contributed by atoms with van der Waals surface area (Å²) in [6.07, 6.45) is 0.651. The Bertz CT molecular complexity index is 1140. The van der Waals surface area contributed by atoms with E-state index in [1.807, 2.05) is 19.1 Å². The van der Waals surface area contributed by atoms with E-state index in [9.17, 15) is 0 Å². The van der Waals surface area contributed by atoms with Crippen LogP contribution in [-0.4, -0.2) is 65.2 Å². The van der Waals surface area contributed by atoms with Crippen LogP contribution in [0.5, 0.6) is 5.75 Å². The van der Waals surface area contributed by atoms with E-state index in [0.29, 0.717) is 39.5 Å². The van der Waals surface area contributed by atoms with Gasteiger partial charge < -0.3 is 19.3 Å². The maximum atomic E-state index is 8.72. The van der Waals surface area contributed by atoms with Crippen LogP contribution >= 0.6 is 11.3 Å². The van der Waals surface area contributed by atoms with Gasteiger partial charge in [0.05, 0.1) is 25.5 Å². The van der Waals surface area contributed by atoms with E-state index in [1.54, 1.807) is 11.3 Å². The van der Waals surface area contributed by atoms with Gasteiger partial charge in [0.2, 0.25) is 0 Å². The summed E-state index contributed by atoms with van der Waals surface area (Å²) in [6, 6.07) is 7.98. The van der Waals surface area contributed by atoms with Gasteiger partial charge in [0.25, 0.3) is 0 Å². The van der Waals surface area contributed by atoms with Crippen molar-refractivity contribution < 1.29 is 19.3 Å². The Morgan fingerprint density at radius 3 is 2.41 bits per heavy atom. The topological polar surface area (TPSA) is 91.0 Å². The molecule has 34 heavy (non-hydrogen) atoms. The Morgan fingerprint density at radius 2 is 1.68 bits per heavy atom. The second-order valence-corrected chi connectivity index (χ2v) is 9.44. The number of nitrogens with zero attached hydrogens (tertiary/aromatic N) is 4. The van der Waals surface area contributed by atoms with Crippen molar-refractivity contribution in [2.45, 2.75) is 40.2 Å². The maximum Gasteiger partial charge on any atom is 0.162 e. The predicted octanol–water partition coefficient (Wildman–Crippen LogP) is 3.96. The molecular weight excluding hydrogens is 452 g/mol. The van der Waals surface area contributed by atoms with Crippen LogP contribution < -0.4 is 4.74 Å². The van der Waals surface area contributed by atoms with Crippen LogP contribution in [0.25, 0.3) is 5.00 Å². The monoisotopic (exact) mass is 484 g/mol. The first-order valence-electron chi connectivity index (χ1n) is 11.6. The van der Waals surface area contributed by atoms with Crippen molar-refractivity contribution in [3.63, 3.8) is 0 Å². The zero-order valence-corrected chi connectivity index (χ0v) is 21.0. The number of rotatable bonds is 11. The highest BCUT2D eigenvalue weighted by atomic mass is 32.1. The Labute approximate surface area is 204 Å². The molecule has 0 radical (unpaired) electrons. The number of aliphatic hydroxyl groups excluding tert-OH is 1. The molecule has 0 amide bonds. The van der Waals surface area contributed by atoms with E-state index in [2.05, 4.69) is 47.7 Å². The molecule has 0 bridgehead atoms. The van der Waals surface area contributed by atoms with Crippen molar-refractivity contribution >= 4 is 17.0 Å². The third-order valence-electron chi connectivity index (χ3n) is 5.80. The second kappa shape index (κ2) is 11.2. The lowest BCUT2D eigenvalue weighted by Crippen LogP contribution is -2.11. The van der Waals surface area contributed by atoms with Crippen molar-refractivity contribution in [2.75, 3.05) is 39.6 Å². The standard InChI is InChI=1S/C25H32N4O4S/c1-16-18(3)34-25-22(16)23(26-17(2)24-28-27-19(4)29(24)25)20-6-8-21(9-7-20)33-15-14-32-13-12-31-11-5-10-30/h6-9,17,30H,5,10-15H2,1-4H3/t17-/m0/s1. The molecule has 0 saturated heterocycles. The van der Waals surface area contributed by atoms with Crippen LogP contribution in [0, 0.1) is 20.8 Å². The van der Waals surface area contributed by atoms with E-state index in [0.717, 1.165) is 39.2 Å². The number of fused-ring (bicyclic) bond motifs is 3. The molecule has 0 fully saturated rings. The van der Waals surface area contributed by atoms with E-state index < -0.39 is 0 Å². The van der Waals surface area contributed by atoms with Crippen LogP contribution in [0.2, 0.25) is 0 Å². The average Bonchev–Trinajstić information content (AvgIpc) is 3.32. The Kier molecular flexibility index (Phi) is 8.10. The molecule has 0 saturated carbocycles. The van der Waals surface area contributed by atoms with Gasteiger partial charge in [-0.25, -0.2) is 0 Å². The Balaban J connectivity index is 1.43. The number of aliphatic imine (C=N–C) groups is 1. The van der Waals surface area contributed by atoms with Gasteiger partial charge in [-0.15, -0.1) is 21.5 Å². The maximum absolute atomic E-state index is 8.72. The van der Waals surface area contributed by atoms with E-state index in [-0.39, 0.29) is 12.6 Å². The summed E-state index contributed by atoms with van der Waals surface area (Å²) in [6.45, 7) is 11.1. The summed E-state index contributed by atoms with van der Waals surface area (Å²) < 4.78 is 18.8. The molecule has 8 nitrogen and oxygen atoms in total. The number of aryl methyl sites for hydroxylation is 2. The van der Waals surface area contributed by atoms with Crippen molar-refractivity contribution in [3.8, 4) is 10.8 Å². The molecule has 0 unspecified atom stereocenters. The highest BCUT2D eigenvalue weighted by Crippen LogP contribution is 2.38.